The summed E-state index contributed by atoms with van der Waals surface area (Å²) < 4.78 is 0. The molecule has 1 amide bonds. The first kappa shape index (κ1) is 15.5. The molecule has 2 aromatic rings. The standard InChI is InChI=1S/C15H18N2O3S/c1-9(8-12(18)13-4-3-7-21-13)16-15(20)11-5-6-14(19)17-10(11)2/h3-7,9,12,18H,8H2,1-2H3,(H,16,20)(H,17,19)/t9-,12-/m0/s1. The molecule has 0 aliphatic heterocycles. The van der Waals surface area contributed by atoms with E-state index in [9.17, 15) is 14.7 Å². The van der Waals surface area contributed by atoms with Crippen molar-refractivity contribution in [3.63, 3.8) is 0 Å². The molecular weight excluding hydrogens is 288 g/mol. The Labute approximate surface area is 126 Å². The third-order valence-electron chi connectivity index (χ3n) is 3.19. The zero-order chi connectivity index (χ0) is 15.4. The Hall–Kier alpha value is -1.92. The van der Waals surface area contributed by atoms with Gasteiger partial charge in [0.1, 0.15) is 0 Å². The van der Waals surface area contributed by atoms with Crippen molar-refractivity contribution < 1.29 is 9.90 Å². The number of aliphatic hydroxyl groups is 1. The summed E-state index contributed by atoms with van der Waals surface area (Å²) in [5.74, 6) is -0.255. The molecule has 2 rings (SSSR count). The molecule has 21 heavy (non-hydrogen) atoms. The lowest BCUT2D eigenvalue weighted by Crippen LogP contribution is -2.34. The highest BCUT2D eigenvalue weighted by Crippen LogP contribution is 2.22. The smallest absolute Gasteiger partial charge is 0.253 e. The number of amides is 1. The van der Waals surface area contributed by atoms with Crippen LogP contribution in [-0.4, -0.2) is 22.0 Å². The predicted molar refractivity (Wildman–Crippen MR) is 82.6 cm³/mol. The van der Waals surface area contributed by atoms with Crippen LogP contribution in [0, 0.1) is 6.92 Å². The number of carbonyl (C=O) groups excluding carboxylic acids is 1. The van der Waals surface area contributed by atoms with Crippen LogP contribution in [-0.2, 0) is 0 Å². The molecule has 0 saturated carbocycles. The van der Waals surface area contributed by atoms with Crippen LogP contribution in [0.5, 0.6) is 0 Å². The summed E-state index contributed by atoms with van der Waals surface area (Å²) in [6.07, 6.45) is -0.147. The Bertz CT molecular complexity index is 664. The molecule has 112 valence electrons. The molecule has 0 aliphatic carbocycles. The van der Waals surface area contributed by atoms with E-state index in [0.29, 0.717) is 17.7 Å². The Morgan fingerprint density at radius 1 is 1.43 bits per heavy atom. The van der Waals surface area contributed by atoms with Crippen LogP contribution in [0.2, 0.25) is 0 Å². The van der Waals surface area contributed by atoms with Crippen molar-refractivity contribution in [3.8, 4) is 0 Å². The van der Waals surface area contributed by atoms with Gasteiger partial charge in [-0.25, -0.2) is 0 Å². The van der Waals surface area contributed by atoms with Gasteiger partial charge in [0, 0.05) is 22.7 Å². The summed E-state index contributed by atoms with van der Waals surface area (Å²) in [6.45, 7) is 3.53. The first-order chi connectivity index (χ1) is 9.97. The number of hydrogen-bond acceptors (Lipinski definition) is 4. The van der Waals surface area contributed by atoms with Crippen LogP contribution in [0.1, 0.15) is 40.4 Å². The second-order valence-corrected chi connectivity index (χ2v) is 5.98. The zero-order valence-electron chi connectivity index (χ0n) is 11.9. The van der Waals surface area contributed by atoms with E-state index in [-0.39, 0.29) is 17.5 Å². The number of aromatic nitrogens is 1. The van der Waals surface area contributed by atoms with Gasteiger partial charge in [0.15, 0.2) is 0 Å². The number of aromatic amines is 1. The Kier molecular flexibility index (Phi) is 4.93. The lowest BCUT2D eigenvalue weighted by Gasteiger charge is -2.17. The third-order valence-corrected chi connectivity index (χ3v) is 4.16. The van der Waals surface area contributed by atoms with Crippen LogP contribution in [0.25, 0.3) is 0 Å². The summed E-state index contributed by atoms with van der Waals surface area (Å²) >= 11 is 1.49. The zero-order valence-corrected chi connectivity index (χ0v) is 12.7. The van der Waals surface area contributed by atoms with E-state index in [1.54, 1.807) is 6.92 Å². The lowest BCUT2D eigenvalue weighted by atomic mass is 10.1. The van der Waals surface area contributed by atoms with Gasteiger partial charge in [-0.1, -0.05) is 6.07 Å². The van der Waals surface area contributed by atoms with Gasteiger partial charge in [0.2, 0.25) is 5.56 Å². The molecule has 2 heterocycles. The molecule has 0 spiro atoms. The van der Waals surface area contributed by atoms with Crippen LogP contribution in [0.3, 0.4) is 0 Å². The number of pyridine rings is 1. The van der Waals surface area contributed by atoms with E-state index in [0.717, 1.165) is 4.88 Å². The van der Waals surface area contributed by atoms with Crippen molar-refractivity contribution in [1.29, 1.82) is 0 Å². The number of hydrogen-bond donors (Lipinski definition) is 3. The molecular formula is C15H18N2O3S. The maximum atomic E-state index is 12.1. The van der Waals surface area contributed by atoms with Crippen LogP contribution < -0.4 is 10.9 Å². The highest BCUT2D eigenvalue weighted by molar-refractivity contribution is 7.10. The van der Waals surface area contributed by atoms with Crippen molar-refractivity contribution >= 4 is 17.2 Å². The molecule has 2 aromatic heterocycles. The second-order valence-electron chi connectivity index (χ2n) is 5.00. The first-order valence-electron chi connectivity index (χ1n) is 6.69. The molecule has 3 N–H and O–H groups in total. The van der Waals surface area contributed by atoms with E-state index in [1.165, 1.54) is 23.5 Å². The lowest BCUT2D eigenvalue weighted by molar-refractivity contribution is 0.0917. The SMILES string of the molecule is Cc1[nH]c(=O)ccc1C(=O)N[C@@H](C)C[C@H](O)c1cccs1. The van der Waals surface area contributed by atoms with Crippen molar-refractivity contribution in [1.82, 2.24) is 10.3 Å². The fraction of sp³-hybridized carbons (Fsp3) is 0.333. The molecule has 0 fully saturated rings. The average molecular weight is 306 g/mol. The number of thiophene rings is 1. The summed E-state index contributed by atoms with van der Waals surface area (Å²) in [4.78, 5) is 26.8. The van der Waals surface area contributed by atoms with Crippen molar-refractivity contribution in [3.05, 3.63) is 56.1 Å². The first-order valence-corrected chi connectivity index (χ1v) is 7.57. The van der Waals surface area contributed by atoms with E-state index in [4.69, 9.17) is 0 Å². The molecule has 0 aromatic carbocycles. The number of rotatable bonds is 5. The number of aliphatic hydroxyl groups excluding tert-OH is 1. The molecule has 6 heteroatoms. The van der Waals surface area contributed by atoms with Gasteiger partial charge in [-0.05, 0) is 37.8 Å². The van der Waals surface area contributed by atoms with Gasteiger partial charge in [-0.3, -0.25) is 9.59 Å². The minimum atomic E-state index is -0.586. The van der Waals surface area contributed by atoms with Crippen LogP contribution in [0.4, 0.5) is 0 Å². The van der Waals surface area contributed by atoms with Crippen LogP contribution >= 0.6 is 11.3 Å². The largest absolute Gasteiger partial charge is 0.387 e. The maximum Gasteiger partial charge on any atom is 0.253 e. The Morgan fingerprint density at radius 2 is 2.19 bits per heavy atom. The highest BCUT2D eigenvalue weighted by atomic mass is 32.1. The Morgan fingerprint density at radius 3 is 2.81 bits per heavy atom. The number of nitrogens with one attached hydrogen (secondary N) is 2. The molecule has 0 bridgehead atoms. The van der Waals surface area contributed by atoms with Crippen molar-refractivity contribution in [2.24, 2.45) is 0 Å². The number of aryl methyl sites for hydroxylation is 1. The average Bonchev–Trinajstić information content (AvgIpc) is 2.91. The minimum Gasteiger partial charge on any atom is -0.387 e. The second kappa shape index (κ2) is 6.69. The Balaban J connectivity index is 1.97. The summed E-state index contributed by atoms with van der Waals surface area (Å²) in [5.41, 5.74) is 0.739. The molecule has 5 nitrogen and oxygen atoms in total. The maximum absolute atomic E-state index is 12.1. The van der Waals surface area contributed by atoms with E-state index in [1.807, 2.05) is 24.4 Å². The highest BCUT2D eigenvalue weighted by Gasteiger charge is 2.17. The molecule has 0 aliphatic rings. The summed E-state index contributed by atoms with van der Waals surface area (Å²) in [7, 11) is 0. The molecule has 0 saturated heterocycles. The summed E-state index contributed by atoms with van der Waals surface area (Å²) in [6, 6.07) is 6.41. The van der Waals surface area contributed by atoms with Gasteiger partial charge in [-0.15, -0.1) is 11.3 Å². The quantitative estimate of drug-likeness (QED) is 0.790. The van der Waals surface area contributed by atoms with Crippen molar-refractivity contribution in [2.75, 3.05) is 0 Å². The van der Waals surface area contributed by atoms with E-state index < -0.39 is 6.10 Å². The predicted octanol–water partition coefficient (Wildman–Crippen LogP) is 1.99. The third kappa shape index (κ3) is 4.03. The number of carbonyl (C=O) groups is 1. The van der Waals surface area contributed by atoms with Gasteiger partial charge >= 0.3 is 0 Å². The van der Waals surface area contributed by atoms with Gasteiger partial charge < -0.3 is 15.4 Å². The number of H-pyrrole nitrogens is 1. The fourth-order valence-electron chi connectivity index (χ4n) is 2.12. The normalized spacial score (nSPS) is 13.7. The van der Waals surface area contributed by atoms with Crippen molar-refractivity contribution in [2.45, 2.75) is 32.4 Å². The monoisotopic (exact) mass is 306 g/mol. The molecule has 0 radical (unpaired) electrons. The topological polar surface area (TPSA) is 82.2 Å². The molecule has 0 unspecified atom stereocenters. The van der Waals surface area contributed by atoms with E-state index >= 15 is 0 Å². The summed E-state index contributed by atoms with van der Waals surface area (Å²) in [5, 5.41) is 14.8. The fourth-order valence-corrected chi connectivity index (χ4v) is 2.84. The van der Waals surface area contributed by atoms with Gasteiger partial charge in [0.25, 0.3) is 5.91 Å². The van der Waals surface area contributed by atoms with Gasteiger partial charge in [0.05, 0.1) is 11.7 Å². The van der Waals surface area contributed by atoms with Gasteiger partial charge in [-0.2, -0.15) is 0 Å². The minimum absolute atomic E-state index is 0.180. The molecule has 2 atom stereocenters. The van der Waals surface area contributed by atoms with Crippen LogP contribution in [0.15, 0.2) is 34.4 Å². The van der Waals surface area contributed by atoms with E-state index in [2.05, 4.69) is 10.3 Å².